The summed E-state index contributed by atoms with van der Waals surface area (Å²) >= 11 is 0. The zero-order valence-electron chi connectivity index (χ0n) is 13.7. The van der Waals surface area contributed by atoms with E-state index in [0.717, 1.165) is 9.87 Å². The van der Waals surface area contributed by atoms with E-state index < -0.39 is 27.9 Å². The molecule has 9 heteroatoms. The Kier molecular flexibility index (Phi) is 5.45. The highest BCUT2D eigenvalue weighted by atomic mass is 32.2. The van der Waals surface area contributed by atoms with Gasteiger partial charge in [-0.1, -0.05) is 6.07 Å². The van der Waals surface area contributed by atoms with Gasteiger partial charge >= 0.3 is 5.97 Å². The summed E-state index contributed by atoms with van der Waals surface area (Å²) in [6.45, 7) is 1.99. The number of sulfonamides is 1. The van der Waals surface area contributed by atoms with Gasteiger partial charge in [-0.25, -0.2) is 8.42 Å². The summed E-state index contributed by atoms with van der Waals surface area (Å²) in [6.07, 6.45) is -0.351. The monoisotopic (exact) mass is 356 g/mol. The zero-order valence-corrected chi connectivity index (χ0v) is 14.6. The number of amides is 1. The van der Waals surface area contributed by atoms with Crippen LogP contribution in [0.4, 0.5) is 0 Å². The molecule has 1 aromatic carbocycles. The van der Waals surface area contributed by atoms with E-state index in [1.54, 1.807) is 19.1 Å². The van der Waals surface area contributed by atoms with Gasteiger partial charge < -0.3 is 14.8 Å². The largest absolute Gasteiger partial charge is 0.495 e. The molecule has 8 nitrogen and oxygen atoms in total. The summed E-state index contributed by atoms with van der Waals surface area (Å²) in [4.78, 5) is 23.6. The fourth-order valence-corrected chi connectivity index (χ4v) is 4.36. The molecule has 1 heterocycles. The molecule has 0 aliphatic carbocycles. The molecule has 1 saturated heterocycles. The Balaban J connectivity index is 2.47. The van der Waals surface area contributed by atoms with Gasteiger partial charge in [0.25, 0.3) is 0 Å². The standard InChI is InChI=1S/C15H20N2O6S/c1-10-4-5-12(22-2)13(8-10)24(20,21)17-7-6-16-15(19)11(17)9-14(18)23-3/h4-5,8,11H,6-7,9H2,1-3H3,(H,16,19)/t11-/m1/s1. The second-order valence-electron chi connectivity index (χ2n) is 5.36. The second kappa shape index (κ2) is 7.18. The number of hydrogen-bond donors (Lipinski definition) is 1. The Morgan fingerprint density at radius 1 is 1.38 bits per heavy atom. The number of benzene rings is 1. The van der Waals surface area contributed by atoms with Crippen LogP contribution in [0, 0.1) is 6.92 Å². The van der Waals surface area contributed by atoms with Crippen molar-refractivity contribution in [3.8, 4) is 5.75 Å². The molecule has 1 atom stereocenters. The number of nitrogens with one attached hydrogen (secondary N) is 1. The lowest BCUT2D eigenvalue weighted by molar-refractivity contribution is -0.144. The van der Waals surface area contributed by atoms with Crippen molar-refractivity contribution in [2.45, 2.75) is 24.3 Å². The molecule has 1 fully saturated rings. The number of esters is 1. The van der Waals surface area contributed by atoms with E-state index in [1.807, 2.05) is 0 Å². The molecule has 1 aliphatic heterocycles. The van der Waals surface area contributed by atoms with E-state index in [2.05, 4.69) is 10.1 Å². The van der Waals surface area contributed by atoms with Crippen molar-refractivity contribution in [1.29, 1.82) is 0 Å². The molecule has 2 rings (SSSR count). The van der Waals surface area contributed by atoms with E-state index in [9.17, 15) is 18.0 Å². The van der Waals surface area contributed by atoms with Crippen LogP contribution in [-0.2, 0) is 24.3 Å². The summed E-state index contributed by atoms with van der Waals surface area (Å²) in [6, 6.07) is 3.62. The number of carbonyl (C=O) groups excluding carboxylic acids is 2. The lowest BCUT2D eigenvalue weighted by atomic mass is 10.1. The highest BCUT2D eigenvalue weighted by Crippen LogP contribution is 2.30. The SMILES string of the molecule is COC(=O)C[C@@H]1C(=O)NCCN1S(=O)(=O)c1cc(C)ccc1OC. The topological polar surface area (TPSA) is 102 Å². The highest BCUT2D eigenvalue weighted by Gasteiger charge is 2.41. The number of ether oxygens (including phenoxy) is 2. The Labute approximate surface area is 140 Å². The number of hydrogen-bond acceptors (Lipinski definition) is 6. The third kappa shape index (κ3) is 3.51. The molecule has 1 aromatic rings. The molecule has 132 valence electrons. The van der Waals surface area contributed by atoms with Gasteiger partial charge in [0.05, 0.1) is 20.6 Å². The van der Waals surface area contributed by atoms with Crippen LogP contribution in [0.1, 0.15) is 12.0 Å². The van der Waals surface area contributed by atoms with Crippen molar-refractivity contribution < 1.29 is 27.5 Å². The summed E-state index contributed by atoms with van der Waals surface area (Å²) < 4.78 is 36.9. The average Bonchev–Trinajstić information content (AvgIpc) is 2.56. The van der Waals surface area contributed by atoms with Crippen molar-refractivity contribution >= 4 is 21.9 Å². The molecule has 0 radical (unpaired) electrons. The number of aryl methyl sites for hydroxylation is 1. The maximum Gasteiger partial charge on any atom is 0.307 e. The molecule has 1 N–H and O–H groups in total. The van der Waals surface area contributed by atoms with Crippen molar-refractivity contribution in [3.05, 3.63) is 23.8 Å². The van der Waals surface area contributed by atoms with Crippen molar-refractivity contribution in [2.24, 2.45) is 0 Å². The predicted molar refractivity (Wildman–Crippen MR) is 85.1 cm³/mol. The minimum Gasteiger partial charge on any atom is -0.495 e. The van der Waals surface area contributed by atoms with Gasteiger partial charge in [-0.05, 0) is 24.6 Å². The van der Waals surface area contributed by atoms with Gasteiger partial charge in [0.15, 0.2) is 0 Å². The lowest BCUT2D eigenvalue weighted by Crippen LogP contribution is -2.57. The Bertz CT molecular complexity index is 746. The molecule has 0 aromatic heterocycles. The summed E-state index contributed by atoms with van der Waals surface area (Å²) in [5.41, 5.74) is 0.736. The molecular weight excluding hydrogens is 336 g/mol. The van der Waals surface area contributed by atoms with Crippen molar-refractivity contribution in [2.75, 3.05) is 27.3 Å². The molecule has 0 spiro atoms. The number of piperazine rings is 1. The first kappa shape index (κ1) is 18.2. The minimum absolute atomic E-state index is 0.0328. The first-order valence-electron chi connectivity index (χ1n) is 7.32. The van der Waals surface area contributed by atoms with Crippen LogP contribution in [0.15, 0.2) is 23.1 Å². The first-order valence-corrected chi connectivity index (χ1v) is 8.76. The van der Waals surface area contributed by atoms with Crippen LogP contribution in [0.2, 0.25) is 0 Å². The maximum atomic E-state index is 13.1. The van der Waals surface area contributed by atoms with Gasteiger partial charge in [-0.2, -0.15) is 4.31 Å². The van der Waals surface area contributed by atoms with Gasteiger partial charge in [0, 0.05) is 13.1 Å². The minimum atomic E-state index is -4.02. The Hall–Kier alpha value is -2.13. The van der Waals surface area contributed by atoms with Gasteiger partial charge in [0.1, 0.15) is 16.7 Å². The van der Waals surface area contributed by atoms with Crippen LogP contribution in [-0.4, -0.2) is 58.0 Å². The Morgan fingerprint density at radius 3 is 2.71 bits per heavy atom. The highest BCUT2D eigenvalue weighted by molar-refractivity contribution is 7.89. The van der Waals surface area contributed by atoms with Gasteiger partial charge in [-0.3, -0.25) is 9.59 Å². The molecule has 1 amide bonds. The smallest absolute Gasteiger partial charge is 0.307 e. The van der Waals surface area contributed by atoms with Crippen LogP contribution >= 0.6 is 0 Å². The van der Waals surface area contributed by atoms with Gasteiger partial charge in [0.2, 0.25) is 15.9 Å². The fraction of sp³-hybridized carbons (Fsp3) is 0.467. The van der Waals surface area contributed by atoms with E-state index >= 15 is 0 Å². The van der Waals surface area contributed by atoms with Crippen LogP contribution in [0.3, 0.4) is 0 Å². The summed E-state index contributed by atoms with van der Waals surface area (Å²) in [5.74, 6) is -1.00. The molecular formula is C15H20N2O6S. The van der Waals surface area contributed by atoms with Crippen LogP contribution in [0.25, 0.3) is 0 Å². The van der Waals surface area contributed by atoms with E-state index in [-0.39, 0.29) is 30.2 Å². The lowest BCUT2D eigenvalue weighted by Gasteiger charge is -2.33. The molecule has 1 aliphatic rings. The van der Waals surface area contributed by atoms with Crippen molar-refractivity contribution in [3.63, 3.8) is 0 Å². The molecule has 0 unspecified atom stereocenters. The van der Waals surface area contributed by atoms with Gasteiger partial charge in [-0.15, -0.1) is 0 Å². The predicted octanol–water partition coefficient (Wildman–Crippen LogP) is 0.0558. The van der Waals surface area contributed by atoms with E-state index in [4.69, 9.17) is 4.74 Å². The normalized spacial score (nSPS) is 18.8. The number of nitrogens with zero attached hydrogens (tertiary/aromatic N) is 1. The Morgan fingerprint density at radius 2 is 2.08 bits per heavy atom. The maximum absolute atomic E-state index is 13.1. The van der Waals surface area contributed by atoms with E-state index in [1.165, 1.54) is 20.3 Å². The molecule has 0 bridgehead atoms. The number of rotatable bonds is 5. The third-order valence-electron chi connectivity index (χ3n) is 3.78. The summed E-state index contributed by atoms with van der Waals surface area (Å²) in [7, 11) is -1.46. The molecule has 24 heavy (non-hydrogen) atoms. The quantitative estimate of drug-likeness (QED) is 0.749. The third-order valence-corrected chi connectivity index (χ3v) is 5.70. The van der Waals surface area contributed by atoms with E-state index in [0.29, 0.717) is 0 Å². The zero-order chi connectivity index (χ0) is 17.9. The second-order valence-corrected chi connectivity index (χ2v) is 7.22. The number of carbonyl (C=O) groups is 2. The number of methoxy groups -OCH3 is 2. The van der Waals surface area contributed by atoms with Crippen LogP contribution in [0.5, 0.6) is 5.75 Å². The van der Waals surface area contributed by atoms with Crippen molar-refractivity contribution in [1.82, 2.24) is 9.62 Å². The summed E-state index contributed by atoms with van der Waals surface area (Å²) in [5, 5.41) is 2.57. The fourth-order valence-electron chi connectivity index (χ4n) is 2.53. The van der Waals surface area contributed by atoms with Crippen LogP contribution < -0.4 is 10.1 Å². The first-order chi connectivity index (χ1) is 11.3. The average molecular weight is 356 g/mol. The molecule has 0 saturated carbocycles.